The Morgan fingerprint density at radius 3 is 1.88 bits per heavy atom. The molecule has 0 nitrogen and oxygen atoms in total. The molecule has 2 aliphatic rings. The van der Waals surface area contributed by atoms with Gasteiger partial charge in [-0.1, -0.05) is 37.1 Å². The van der Waals surface area contributed by atoms with Crippen molar-refractivity contribution in [3.8, 4) is 11.1 Å². The molecular weight excluding hydrogens is 204 g/mol. The quantitative estimate of drug-likeness (QED) is 0.623. The van der Waals surface area contributed by atoms with Gasteiger partial charge in [-0.15, -0.1) is 0 Å². The van der Waals surface area contributed by atoms with Crippen LogP contribution in [-0.2, 0) is 5.41 Å². The zero-order chi connectivity index (χ0) is 11.3. The summed E-state index contributed by atoms with van der Waals surface area (Å²) in [6.45, 7) is 0. The highest BCUT2D eigenvalue weighted by molar-refractivity contribution is 5.80. The normalized spacial score (nSPS) is 19.3. The van der Waals surface area contributed by atoms with Crippen LogP contribution in [0.3, 0.4) is 0 Å². The van der Waals surface area contributed by atoms with Crippen LogP contribution in [0.15, 0.2) is 36.4 Å². The van der Waals surface area contributed by atoms with Gasteiger partial charge in [-0.05, 0) is 59.4 Å². The molecule has 0 saturated heterocycles. The van der Waals surface area contributed by atoms with Crippen molar-refractivity contribution in [2.24, 2.45) is 0 Å². The van der Waals surface area contributed by atoms with Gasteiger partial charge in [-0.25, -0.2) is 0 Å². The number of benzene rings is 2. The van der Waals surface area contributed by atoms with E-state index in [1.54, 1.807) is 0 Å². The topological polar surface area (TPSA) is 0 Å². The summed E-state index contributed by atoms with van der Waals surface area (Å²) in [7, 11) is 0. The zero-order valence-corrected chi connectivity index (χ0v) is 9.79. The highest BCUT2D eigenvalue weighted by Gasteiger charge is 2.44. The number of hydrogen-bond acceptors (Lipinski definition) is 0. The molecule has 2 radical (unpaired) electrons. The van der Waals surface area contributed by atoms with E-state index in [9.17, 15) is 0 Å². The minimum absolute atomic E-state index is 0.292. The highest BCUT2D eigenvalue weighted by atomic mass is 14.5. The minimum Gasteiger partial charge on any atom is -0.0537 e. The van der Waals surface area contributed by atoms with E-state index in [1.807, 2.05) is 12.1 Å². The van der Waals surface area contributed by atoms with Gasteiger partial charge in [0.1, 0.15) is 0 Å². The van der Waals surface area contributed by atoms with E-state index in [2.05, 4.69) is 36.4 Å². The standard InChI is InChI=1S/C17H14/c1-3-9-15-13(7-1)14-8-2-4-10-16(14)17(15)11-5-6-12-17/h1-2,7-10H,5-6,11-12H2. The molecule has 2 aliphatic carbocycles. The van der Waals surface area contributed by atoms with E-state index >= 15 is 0 Å². The van der Waals surface area contributed by atoms with Gasteiger partial charge < -0.3 is 0 Å². The van der Waals surface area contributed by atoms with Gasteiger partial charge >= 0.3 is 0 Å². The molecule has 0 atom stereocenters. The van der Waals surface area contributed by atoms with Crippen LogP contribution in [0.1, 0.15) is 36.8 Å². The van der Waals surface area contributed by atoms with Crippen molar-refractivity contribution in [3.63, 3.8) is 0 Å². The van der Waals surface area contributed by atoms with E-state index in [1.165, 1.54) is 47.9 Å². The van der Waals surface area contributed by atoms with Crippen LogP contribution in [0, 0.1) is 12.1 Å². The van der Waals surface area contributed by atoms with Crippen LogP contribution >= 0.6 is 0 Å². The molecule has 0 aliphatic heterocycles. The van der Waals surface area contributed by atoms with Gasteiger partial charge in [0.15, 0.2) is 0 Å². The number of fused-ring (bicyclic) bond motifs is 5. The summed E-state index contributed by atoms with van der Waals surface area (Å²) in [4.78, 5) is 0. The van der Waals surface area contributed by atoms with Crippen molar-refractivity contribution < 1.29 is 0 Å². The number of hydrogen-bond donors (Lipinski definition) is 0. The van der Waals surface area contributed by atoms with Crippen LogP contribution in [0.4, 0.5) is 0 Å². The average molecular weight is 218 g/mol. The van der Waals surface area contributed by atoms with Crippen molar-refractivity contribution in [2.75, 3.05) is 0 Å². The molecule has 0 bridgehead atoms. The highest BCUT2D eigenvalue weighted by Crippen LogP contribution is 2.56. The van der Waals surface area contributed by atoms with Gasteiger partial charge in [0.2, 0.25) is 0 Å². The van der Waals surface area contributed by atoms with Crippen LogP contribution in [0.2, 0.25) is 0 Å². The van der Waals surface area contributed by atoms with Crippen molar-refractivity contribution in [3.05, 3.63) is 59.7 Å². The first kappa shape index (κ1) is 9.47. The van der Waals surface area contributed by atoms with Crippen LogP contribution in [0.5, 0.6) is 0 Å². The Balaban J connectivity index is 2.09. The second kappa shape index (κ2) is 3.22. The third-order valence-electron chi connectivity index (χ3n) is 4.51. The first-order valence-corrected chi connectivity index (χ1v) is 6.43. The van der Waals surface area contributed by atoms with Gasteiger partial charge in [-0.2, -0.15) is 0 Å². The van der Waals surface area contributed by atoms with Crippen molar-refractivity contribution >= 4 is 0 Å². The summed E-state index contributed by atoms with van der Waals surface area (Å²) >= 11 is 0. The van der Waals surface area contributed by atoms with Gasteiger partial charge in [0.05, 0.1) is 0 Å². The Bertz CT molecular complexity index is 527. The van der Waals surface area contributed by atoms with Crippen LogP contribution in [-0.4, -0.2) is 0 Å². The molecule has 0 amide bonds. The molecule has 2 aromatic carbocycles. The smallest absolute Gasteiger partial charge is 0.0215 e. The summed E-state index contributed by atoms with van der Waals surface area (Å²) in [5.41, 5.74) is 6.16. The minimum atomic E-state index is 0.292. The molecule has 1 spiro atoms. The largest absolute Gasteiger partial charge is 0.0537 e. The average Bonchev–Trinajstić information content (AvgIpc) is 2.98. The molecule has 4 rings (SSSR count). The maximum atomic E-state index is 3.27. The summed E-state index contributed by atoms with van der Waals surface area (Å²) in [5, 5.41) is 0. The molecular formula is C17H14. The lowest BCUT2D eigenvalue weighted by molar-refractivity contribution is 0.550. The number of rotatable bonds is 0. The van der Waals surface area contributed by atoms with Crippen molar-refractivity contribution in [1.29, 1.82) is 0 Å². The lowest BCUT2D eigenvalue weighted by atomic mass is 9.77. The Kier molecular flexibility index (Phi) is 1.80. The lowest BCUT2D eigenvalue weighted by Crippen LogP contribution is -2.20. The van der Waals surface area contributed by atoms with Gasteiger partial charge in [0, 0.05) is 5.41 Å². The first-order valence-electron chi connectivity index (χ1n) is 6.43. The first-order chi connectivity index (χ1) is 8.42. The third kappa shape index (κ3) is 1.08. The second-order valence-corrected chi connectivity index (χ2v) is 5.23. The maximum Gasteiger partial charge on any atom is 0.0215 e. The predicted octanol–water partition coefficient (Wildman–Crippen LogP) is 4.13. The molecule has 82 valence electrons. The lowest BCUT2D eigenvalue weighted by Gasteiger charge is -2.26. The summed E-state index contributed by atoms with van der Waals surface area (Å²) < 4.78 is 0. The molecule has 0 aromatic heterocycles. The maximum absolute atomic E-state index is 3.27. The summed E-state index contributed by atoms with van der Waals surface area (Å²) in [5.74, 6) is 0. The second-order valence-electron chi connectivity index (χ2n) is 5.23. The van der Waals surface area contributed by atoms with Crippen molar-refractivity contribution in [1.82, 2.24) is 0 Å². The molecule has 17 heavy (non-hydrogen) atoms. The van der Waals surface area contributed by atoms with E-state index in [0.717, 1.165) is 0 Å². The van der Waals surface area contributed by atoms with E-state index < -0.39 is 0 Å². The Hall–Kier alpha value is -1.56. The van der Waals surface area contributed by atoms with Gasteiger partial charge in [0.25, 0.3) is 0 Å². The summed E-state index contributed by atoms with van der Waals surface area (Å²) in [6.07, 6.45) is 5.29. The summed E-state index contributed by atoms with van der Waals surface area (Å²) in [6, 6.07) is 19.5. The monoisotopic (exact) mass is 218 g/mol. The molecule has 0 heterocycles. The molecule has 0 N–H and O–H groups in total. The molecule has 2 aromatic rings. The molecule has 1 saturated carbocycles. The van der Waals surface area contributed by atoms with Gasteiger partial charge in [-0.3, -0.25) is 0 Å². The third-order valence-corrected chi connectivity index (χ3v) is 4.51. The van der Waals surface area contributed by atoms with Crippen molar-refractivity contribution in [2.45, 2.75) is 31.1 Å². The van der Waals surface area contributed by atoms with E-state index in [0.29, 0.717) is 5.41 Å². The Morgan fingerprint density at radius 2 is 1.35 bits per heavy atom. The van der Waals surface area contributed by atoms with E-state index in [-0.39, 0.29) is 0 Å². The Labute approximate surface area is 102 Å². The van der Waals surface area contributed by atoms with E-state index in [4.69, 9.17) is 0 Å². The Morgan fingerprint density at radius 1 is 0.824 bits per heavy atom. The zero-order valence-electron chi connectivity index (χ0n) is 9.79. The predicted molar refractivity (Wildman–Crippen MR) is 68.8 cm³/mol. The fraction of sp³-hybridized carbons (Fsp3) is 0.294. The van der Waals surface area contributed by atoms with Crippen LogP contribution in [0.25, 0.3) is 11.1 Å². The van der Waals surface area contributed by atoms with Crippen LogP contribution < -0.4 is 0 Å². The fourth-order valence-electron chi connectivity index (χ4n) is 3.78. The fourth-order valence-corrected chi connectivity index (χ4v) is 3.78. The molecule has 0 unspecified atom stereocenters. The molecule has 0 heteroatoms. The SMILES string of the molecule is [c]1ccc2c(c1)C1(CCCC1)c1c[c]ccc1-2. The molecule has 1 fully saturated rings.